The number of hydrogen-bond donors (Lipinski definition) is 2. The number of carbonyl (C=O) groups is 2. The van der Waals surface area contributed by atoms with Crippen molar-refractivity contribution in [1.29, 1.82) is 0 Å². The fourth-order valence-corrected chi connectivity index (χ4v) is 20.9. The summed E-state index contributed by atoms with van der Waals surface area (Å²) in [6, 6.07) is 81.6. The second-order valence-corrected chi connectivity index (χ2v) is 52.7. The van der Waals surface area contributed by atoms with E-state index in [0.29, 0.717) is 22.8 Å². The predicted molar refractivity (Wildman–Crippen MR) is 578 cm³/mol. The summed E-state index contributed by atoms with van der Waals surface area (Å²) >= 11 is -1.70. The van der Waals surface area contributed by atoms with Gasteiger partial charge in [-0.15, -0.1) is 136 Å². The molecule has 2 aliphatic rings. The number of imidazole rings is 1. The van der Waals surface area contributed by atoms with Crippen molar-refractivity contribution >= 4 is 113 Å². The smallest absolute Gasteiger partial charge is 0 e. The Bertz CT molecular complexity index is 8410. The Morgan fingerprint density at radius 3 is 1.84 bits per heavy atom. The van der Waals surface area contributed by atoms with Crippen molar-refractivity contribution in [3.8, 4) is 67.4 Å². The third-order valence-corrected chi connectivity index (χ3v) is 29.6. The molecule has 21 rings (SSSR count). The number of carbonyl (C=O) groups excluding carboxylic acids is 2. The van der Waals surface area contributed by atoms with E-state index >= 15 is 0 Å². The van der Waals surface area contributed by atoms with E-state index in [0.717, 1.165) is 73.4 Å². The van der Waals surface area contributed by atoms with Crippen LogP contribution in [0.3, 0.4) is 0 Å². The monoisotopic (exact) mass is 2470 g/mol. The zero-order valence-electron chi connectivity index (χ0n) is 95.0. The van der Waals surface area contributed by atoms with Crippen LogP contribution in [0.25, 0.3) is 138 Å². The van der Waals surface area contributed by atoms with Crippen LogP contribution in [0.15, 0.2) is 321 Å². The number of aliphatic hydroxyl groups is 2. The van der Waals surface area contributed by atoms with E-state index in [1.54, 1.807) is 4.40 Å². The molecule has 17 heteroatoms. The molecule has 19 aromatic rings. The summed E-state index contributed by atoms with van der Waals surface area (Å²) < 4.78 is 118. The minimum Gasteiger partial charge on any atom is 0 e. The standard InChI is InChI=1S/C25H21N2.C23H26N.C20H20NSi.C17H11N2.C15H18GeN.C12H10N.2C5H8O2.CH4.3Ir/c1-15-10-11-21-20(12-15)19-9-5-8-18-13-26-14-22(27(21)25(26)24(18)19)23-16(2)6-4-7-17(23)3;1-14(2)18-12-21(15(3)4)20-7-8-24-23(22(20)13-18)19-10-16(5)9-17(6)11-19;1-22(2,3)20-14-19(17-12-8-5-9-13-17)21-15-18(20)16-10-6-4-7-11-16;1-11-10-18-16-14-8-4-2-6-12(14)13-7-3-5-9-15(13)17(16)19-11;1-16(2,3)13-8-9-15-14-7-5-4-6-12(14)10-17(15)11-13;1-10-6-5-9-13-12(10)11-7-3-2-4-8-11;2*1-4(6)3-5(2)7;;;;/h4-12,14H,13H2,1-3H3;7-10,12-15H,1-6H3;4-12,14-15H,1-3H3;2-7,9-10H,1H3;4-9,11H,10H2,1-3H3;2-7,9H,1H3;2*3,6H,1-2H3;1H4;;;/q+1;3*-1;+1;-1;;;;;;/i2D3,4D,5D,6D,7D,8D,9D,10D,11D,12D,14D;;;;;;;;;;;. The molecule has 9 heterocycles. The number of benzene rings is 12. The van der Waals surface area contributed by atoms with Crippen LogP contribution in [0, 0.1) is 72.7 Å². The molecule has 2 N–H and O–H groups in total. The third-order valence-electron chi connectivity index (χ3n) is 23.3. The Labute approximate surface area is 890 Å². The summed E-state index contributed by atoms with van der Waals surface area (Å²) in [6.45, 7) is 31.1. The van der Waals surface area contributed by atoms with Crippen LogP contribution in [0.2, 0.25) is 36.9 Å². The van der Waals surface area contributed by atoms with E-state index in [1.165, 1.54) is 140 Å². The molecule has 0 spiro atoms. The third kappa shape index (κ3) is 26.1. The molecule has 0 atom stereocenters. The first-order chi connectivity index (χ1) is 70.5. The fourth-order valence-electron chi connectivity index (χ4n) is 17.0. The van der Waals surface area contributed by atoms with Crippen molar-refractivity contribution in [2.45, 2.75) is 173 Å². The van der Waals surface area contributed by atoms with Crippen molar-refractivity contribution in [2.24, 2.45) is 0 Å². The quantitative estimate of drug-likeness (QED) is 0.0322. The number of rotatable bonds is 11. The first kappa shape index (κ1) is 91.5. The SMILES string of the molecule is C.CC(=O)C=C(C)O.CC(=O)C=C(C)O.C[Si](C)(C)c1cc(-c2[c-]cccc2)ncc1-c1ccccc1.Cc1[c-]c(-c2nccc3c(C(C)C)cc(C(C)C)cc23)cc(C)c1.Cc1cccnc1-c1[c-]cccc1.Cc1cnc2c3[c-]cccc3c3ccccc3c2n1.[2H]c1c([2H])c(C)c(-c2c([2H])n3c4c5c(c([2H])c([2H])c([2H])c5c5c([2H])c(C)c([2H])c([2H])c5[n+]24)C3)c(C([2H])([2H])[2H])c1[2H].[CH3][Ge]([CH3])([CH3])[c]1ccc2[n+](c1)Cc1ccccc1-2.[Ir].[Ir].[Ir]. The van der Waals surface area contributed by atoms with E-state index in [9.17, 15) is 11.0 Å². The number of aromatic nitrogens is 8. The molecule has 140 heavy (non-hydrogen) atoms. The molecule has 3 radical (unpaired) electrons. The normalized spacial score (nSPS) is 12.9. The number of nitrogens with zero attached hydrogens (tertiary/aromatic N) is 8. The average molecular weight is 2470 g/mol. The number of aliphatic hydroxyl groups excluding tert-OH is 2. The molecule has 0 fully saturated rings. The maximum Gasteiger partial charge on any atom is 0 e. The van der Waals surface area contributed by atoms with Crippen molar-refractivity contribution < 1.29 is 107 Å². The van der Waals surface area contributed by atoms with Gasteiger partial charge in [-0.2, -0.15) is 4.40 Å². The molecule has 7 aromatic heterocycles. The molecule has 0 bridgehead atoms. The Kier molecular flexibility index (Phi) is 31.8. The van der Waals surface area contributed by atoms with Crippen molar-refractivity contribution in [1.82, 2.24) is 29.5 Å². The summed E-state index contributed by atoms with van der Waals surface area (Å²) in [5.41, 5.74) is 22.2. The molecular formula is C123H126GeIr3N8O4Si-2. The molecule has 0 saturated heterocycles. The van der Waals surface area contributed by atoms with E-state index < -0.39 is 45.8 Å². The summed E-state index contributed by atoms with van der Waals surface area (Å²) in [7, 11) is -1.48. The minimum atomic E-state index is -2.91. The van der Waals surface area contributed by atoms with Gasteiger partial charge in [-0.1, -0.05) is 217 Å². The van der Waals surface area contributed by atoms with Gasteiger partial charge >= 0.3 is 105 Å². The van der Waals surface area contributed by atoms with E-state index in [-0.39, 0.29) is 190 Å². The number of hydrogen-bond acceptors (Lipinski definition) is 9. The summed E-state index contributed by atoms with van der Waals surface area (Å²) in [5.74, 6) is 8.21. The minimum absolute atomic E-state index is 0. The van der Waals surface area contributed by atoms with Gasteiger partial charge in [-0.05, 0) is 165 Å². The van der Waals surface area contributed by atoms with E-state index in [4.69, 9.17) is 36.6 Å². The van der Waals surface area contributed by atoms with Gasteiger partial charge in [0.2, 0.25) is 0 Å². The maximum absolute atomic E-state index is 10.0. The second kappa shape index (κ2) is 48.7. The Hall–Kier alpha value is -12.3. The molecule has 12 aromatic carbocycles. The molecular weight excluding hydrogens is 2330 g/mol. The van der Waals surface area contributed by atoms with Gasteiger partial charge in [0.15, 0.2) is 17.3 Å². The number of allylic oxidation sites excluding steroid dienone is 4. The predicted octanol–water partition coefficient (Wildman–Crippen LogP) is 29.0. The summed E-state index contributed by atoms with van der Waals surface area (Å²) in [4.78, 5) is 43.0. The second-order valence-electron chi connectivity index (χ2n) is 37.0. The topological polar surface area (TPSA) is 152 Å². The van der Waals surface area contributed by atoms with Crippen LogP contribution in [0.4, 0.5) is 0 Å². The first-order valence-corrected chi connectivity index (χ1v) is 56.5. The molecule has 2 aliphatic heterocycles. The van der Waals surface area contributed by atoms with Crippen LogP contribution in [-0.4, -0.2) is 72.6 Å². The van der Waals surface area contributed by atoms with Crippen molar-refractivity contribution in [2.75, 3.05) is 0 Å². The number of aryl methyl sites for hydroxylation is 4. The number of fused-ring (bicyclic) bond motifs is 13. The van der Waals surface area contributed by atoms with Crippen LogP contribution >= 0.6 is 0 Å². The van der Waals surface area contributed by atoms with Gasteiger partial charge in [0.05, 0.1) is 48.5 Å². The first-order valence-electron chi connectivity index (χ1n) is 52.2. The molecule has 12 nitrogen and oxygen atoms in total. The van der Waals surface area contributed by atoms with E-state index in [1.807, 2.05) is 98.4 Å². The molecule has 0 amide bonds. The summed E-state index contributed by atoms with van der Waals surface area (Å²) in [6.07, 6.45) is 12.0. The Morgan fingerprint density at radius 1 is 0.543 bits per heavy atom. The number of ketones is 2. The van der Waals surface area contributed by atoms with Crippen LogP contribution in [0.5, 0.6) is 0 Å². The van der Waals surface area contributed by atoms with Gasteiger partial charge in [0.25, 0.3) is 5.65 Å². The number of pyridine rings is 5. The van der Waals surface area contributed by atoms with Gasteiger partial charge in [-0.25, -0.2) is 4.57 Å². The fraction of sp³-hybridized carbons (Fsp3) is 0.211. The maximum atomic E-state index is 10.0. The van der Waals surface area contributed by atoms with E-state index in [2.05, 4.69) is 275 Å². The molecule has 0 aliphatic carbocycles. The molecule has 719 valence electrons. The van der Waals surface area contributed by atoms with Crippen LogP contribution in [-0.2, 0) is 83.0 Å². The Balaban J connectivity index is 0.000000187. The zero-order chi connectivity index (χ0) is 108. The van der Waals surface area contributed by atoms with Crippen LogP contribution < -0.4 is 18.6 Å². The average Bonchev–Trinajstić information content (AvgIpc) is 1.51. The molecule has 0 saturated carbocycles. The van der Waals surface area contributed by atoms with Gasteiger partial charge in [-0.3, -0.25) is 14.6 Å². The van der Waals surface area contributed by atoms with Gasteiger partial charge in [0, 0.05) is 129 Å². The summed E-state index contributed by atoms with van der Waals surface area (Å²) in [5, 5.41) is 25.9. The Morgan fingerprint density at radius 2 is 1.19 bits per heavy atom. The zero-order valence-corrected chi connectivity index (χ0v) is 92.3. The van der Waals surface area contributed by atoms with Crippen molar-refractivity contribution in [3.05, 3.63) is 407 Å². The molecule has 0 unspecified atom stereocenters. The van der Waals surface area contributed by atoms with Crippen LogP contribution in [0.1, 0.15) is 154 Å². The largest absolute Gasteiger partial charge is 0 e. The van der Waals surface area contributed by atoms with Gasteiger partial charge < -0.3 is 30.1 Å². The van der Waals surface area contributed by atoms with Gasteiger partial charge in [0.1, 0.15) is 19.6 Å². The van der Waals surface area contributed by atoms with Crippen molar-refractivity contribution in [3.63, 3.8) is 0 Å².